The Labute approximate surface area is 107 Å². The van der Waals surface area contributed by atoms with Crippen molar-refractivity contribution < 1.29 is 19.8 Å². The number of carboxylic acid groups (broad SMARTS) is 1. The number of aliphatic carboxylic acids is 1. The van der Waals surface area contributed by atoms with E-state index in [1.54, 1.807) is 4.90 Å². The summed E-state index contributed by atoms with van der Waals surface area (Å²) in [6.07, 6.45) is 4.87. The predicted molar refractivity (Wildman–Crippen MR) is 65.0 cm³/mol. The Balaban J connectivity index is 1.96. The minimum absolute atomic E-state index is 0.00319. The molecule has 2 N–H and O–H groups in total. The van der Waals surface area contributed by atoms with E-state index in [9.17, 15) is 14.7 Å². The van der Waals surface area contributed by atoms with E-state index in [2.05, 4.69) is 0 Å². The maximum Gasteiger partial charge on any atom is 0.303 e. The largest absolute Gasteiger partial charge is 0.481 e. The smallest absolute Gasteiger partial charge is 0.303 e. The van der Waals surface area contributed by atoms with Gasteiger partial charge in [-0.15, -0.1) is 0 Å². The summed E-state index contributed by atoms with van der Waals surface area (Å²) < 4.78 is 0. The van der Waals surface area contributed by atoms with E-state index in [0.29, 0.717) is 19.5 Å². The second kappa shape index (κ2) is 5.26. The SMILES string of the molecule is O=C(O)CC1(CC(=O)N2CC(O)C2)CCCCC1. The van der Waals surface area contributed by atoms with Crippen LogP contribution in [-0.2, 0) is 9.59 Å². The van der Waals surface area contributed by atoms with Gasteiger partial charge in [0.05, 0.1) is 12.5 Å². The zero-order chi connectivity index (χ0) is 13.2. The second-order valence-electron chi connectivity index (χ2n) is 5.76. The average Bonchev–Trinajstić information content (AvgIpc) is 2.24. The first-order chi connectivity index (χ1) is 8.51. The van der Waals surface area contributed by atoms with E-state index < -0.39 is 12.1 Å². The third kappa shape index (κ3) is 3.02. The number of aliphatic hydroxyl groups is 1. The van der Waals surface area contributed by atoms with Crippen molar-refractivity contribution in [1.29, 1.82) is 0 Å². The van der Waals surface area contributed by atoms with Crippen LogP contribution in [0.25, 0.3) is 0 Å². The van der Waals surface area contributed by atoms with Gasteiger partial charge in [0.15, 0.2) is 0 Å². The van der Waals surface area contributed by atoms with Crippen molar-refractivity contribution in [3.05, 3.63) is 0 Å². The Morgan fingerprint density at radius 2 is 1.72 bits per heavy atom. The van der Waals surface area contributed by atoms with Crippen LogP contribution in [0.15, 0.2) is 0 Å². The van der Waals surface area contributed by atoms with Crippen molar-refractivity contribution in [3.63, 3.8) is 0 Å². The molecule has 0 bridgehead atoms. The van der Waals surface area contributed by atoms with Gasteiger partial charge in [0, 0.05) is 19.5 Å². The number of amides is 1. The first-order valence-corrected chi connectivity index (χ1v) is 6.68. The molecule has 0 aromatic heterocycles. The zero-order valence-corrected chi connectivity index (χ0v) is 10.6. The Morgan fingerprint density at radius 1 is 1.11 bits per heavy atom. The van der Waals surface area contributed by atoms with Crippen LogP contribution in [0.1, 0.15) is 44.9 Å². The molecule has 1 aliphatic carbocycles. The normalized spacial score (nSPS) is 23.5. The number of nitrogens with zero attached hydrogens (tertiary/aromatic N) is 1. The molecule has 5 nitrogen and oxygen atoms in total. The van der Waals surface area contributed by atoms with Gasteiger partial charge in [-0.25, -0.2) is 0 Å². The van der Waals surface area contributed by atoms with Crippen molar-refractivity contribution >= 4 is 11.9 Å². The number of carboxylic acids is 1. The fourth-order valence-corrected chi connectivity index (χ4v) is 3.13. The number of hydrogen-bond donors (Lipinski definition) is 2. The minimum atomic E-state index is -0.812. The van der Waals surface area contributed by atoms with Crippen LogP contribution < -0.4 is 0 Å². The molecule has 2 fully saturated rings. The van der Waals surface area contributed by atoms with E-state index in [1.165, 1.54) is 0 Å². The van der Waals surface area contributed by atoms with Crippen molar-refractivity contribution in [3.8, 4) is 0 Å². The second-order valence-corrected chi connectivity index (χ2v) is 5.76. The van der Waals surface area contributed by atoms with Crippen LogP contribution in [0, 0.1) is 5.41 Å². The van der Waals surface area contributed by atoms with Crippen molar-refractivity contribution in [2.45, 2.75) is 51.0 Å². The molecule has 2 rings (SSSR count). The molecule has 1 aliphatic heterocycles. The third-order valence-electron chi connectivity index (χ3n) is 4.18. The molecule has 0 spiro atoms. The highest BCUT2D eigenvalue weighted by Gasteiger charge is 2.39. The lowest BCUT2D eigenvalue weighted by Gasteiger charge is -2.41. The first-order valence-electron chi connectivity index (χ1n) is 6.68. The Morgan fingerprint density at radius 3 is 2.22 bits per heavy atom. The molecule has 0 aromatic rings. The molecule has 1 saturated carbocycles. The third-order valence-corrected chi connectivity index (χ3v) is 4.18. The van der Waals surface area contributed by atoms with Gasteiger partial charge in [-0.3, -0.25) is 9.59 Å². The molecule has 18 heavy (non-hydrogen) atoms. The molecule has 1 saturated heterocycles. The predicted octanol–water partition coefficient (Wildman–Crippen LogP) is 1.00. The maximum absolute atomic E-state index is 12.0. The molecule has 1 amide bonds. The fraction of sp³-hybridized carbons (Fsp3) is 0.846. The van der Waals surface area contributed by atoms with E-state index in [-0.39, 0.29) is 17.7 Å². The standard InChI is InChI=1S/C13H21NO4/c15-10-8-14(9-10)11(16)6-13(7-12(17)18)4-2-1-3-5-13/h10,15H,1-9H2,(H,17,18). The van der Waals surface area contributed by atoms with Crippen molar-refractivity contribution in [2.75, 3.05) is 13.1 Å². The van der Waals surface area contributed by atoms with Crippen molar-refractivity contribution in [2.24, 2.45) is 5.41 Å². The summed E-state index contributed by atoms with van der Waals surface area (Å²) in [5.74, 6) is -0.809. The van der Waals surface area contributed by atoms with Gasteiger partial charge >= 0.3 is 5.97 Å². The molecule has 0 atom stereocenters. The summed E-state index contributed by atoms with van der Waals surface area (Å²) in [5.41, 5.74) is -0.346. The lowest BCUT2D eigenvalue weighted by atomic mass is 9.69. The molecule has 0 unspecified atom stereocenters. The van der Waals surface area contributed by atoms with Crippen LogP contribution in [0.3, 0.4) is 0 Å². The Hall–Kier alpha value is -1.10. The van der Waals surface area contributed by atoms with Gasteiger partial charge in [0.2, 0.25) is 5.91 Å². The Kier molecular flexibility index (Phi) is 3.90. The summed E-state index contributed by atoms with van der Waals surface area (Å²) in [7, 11) is 0. The molecule has 2 aliphatic rings. The first kappa shape index (κ1) is 13.3. The Bertz CT molecular complexity index is 330. The molecule has 5 heteroatoms. The topological polar surface area (TPSA) is 77.8 Å². The number of carbonyl (C=O) groups is 2. The van der Waals surface area contributed by atoms with Gasteiger partial charge in [-0.2, -0.15) is 0 Å². The van der Waals surface area contributed by atoms with E-state index in [0.717, 1.165) is 32.1 Å². The zero-order valence-electron chi connectivity index (χ0n) is 10.6. The quantitative estimate of drug-likeness (QED) is 0.785. The molecule has 0 radical (unpaired) electrons. The van der Waals surface area contributed by atoms with Gasteiger partial charge in [-0.05, 0) is 18.3 Å². The summed E-state index contributed by atoms with van der Waals surface area (Å²) in [5, 5.41) is 18.2. The van der Waals surface area contributed by atoms with E-state index in [4.69, 9.17) is 5.11 Å². The highest BCUT2D eigenvalue weighted by atomic mass is 16.4. The van der Waals surface area contributed by atoms with Crippen LogP contribution in [-0.4, -0.2) is 46.2 Å². The van der Waals surface area contributed by atoms with Gasteiger partial charge < -0.3 is 15.1 Å². The monoisotopic (exact) mass is 255 g/mol. The molecule has 102 valence electrons. The van der Waals surface area contributed by atoms with Crippen LogP contribution in [0.5, 0.6) is 0 Å². The molecule has 1 heterocycles. The molecular weight excluding hydrogens is 234 g/mol. The number of hydrogen-bond acceptors (Lipinski definition) is 3. The number of β-amino-alcohol motifs (C(OH)–C–C–N with tert-alkyl or cyclic N) is 1. The van der Waals surface area contributed by atoms with Crippen LogP contribution >= 0.6 is 0 Å². The molecule has 0 aromatic carbocycles. The van der Waals surface area contributed by atoms with Crippen molar-refractivity contribution in [1.82, 2.24) is 4.90 Å². The number of likely N-dealkylation sites (tertiary alicyclic amines) is 1. The number of carbonyl (C=O) groups excluding carboxylic acids is 1. The minimum Gasteiger partial charge on any atom is -0.481 e. The fourth-order valence-electron chi connectivity index (χ4n) is 3.13. The summed E-state index contributed by atoms with van der Waals surface area (Å²) in [6.45, 7) is 0.809. The highest BCUT2D eigenvalue weighted by molar-refractivity contribution is 5.79. The summed E-state index contributed by atoms with van der Waals surface area (Å²) in [4.78, 5) is 24.7. The number of aliphatic hydroxyl groups excluding tert-OH is 1. The van der Waals surface area contributed by atoms with Crippen LogP contribution in [0.2, 0.25) is 0 Å². The molecular formula is C13H21NO4. The summed E-state index contributed by atoms with van der Waals surface area (Å²) >= 11 is 0. The lowest BCUT2D eigenvalue weighted by Crippen LogP contribution is -2.54. The van der Waals surface area contributed by atoms with Crippen LogP contribution in [0.4, 0.5) is 0 Å². The maximum atomic E-state index is 12.0. The lowest BCUT2D eigenvalue weighted by molar-refractivity contribution is -0.147. The average molecular weight is 255 g/mol. The van der Waals surface area contributed by atoms with E-state index in [1.807, 2.05) is 0 Å². The summed E-state index contributed by atoms with van der Waals surface area (Å²) in [6, 6.07) is 0. The highest BCUT2D eigenvalue weighted by Crippen LogP contribution is 2.42. The van der Waals surface area contributed by atoms with Gasteiger partial charge in [0.25, 0.3) is 0 Å². The van der Waals surface area contributed by atoms with E-state index >= 15 is 0 Å². The van der Waals surface area contributed by atoms with Gasteiger partial charge in [0.1, 0.15) is 0 Å². The number of rotatable bonds is 4. The van der Waals surface area contributed by atoms with Gasteiger partial charge in [-0.1, -0.05) is 19.3 Å².